The van der Waals surface area contributed by atoms with Gasteiger partial charge in [0.2, 0.25) is 0 Å². The van der Waals surface area contributed by atoms with E-state index in [0.29, 0.717) is 6.61 Å². The predicted octanol–water partition coefficient (Wildman–Crippen LogP) is 3.38. The van der Waals surface area contributed by atoms with Crippen LogP contribution in [0.3, 0.4) is 0 Å². The molecule has 84 valence electrons. The third kappa shape index (κ3) is 2.84. The zero-order valence-corrected chi connectivity index (χ0v) is 9.91. The zero-order valence-electron chi connectivity index (χ0n) is 9.09. The zero-order chi connectivity index (χ0) is 11.4. The summed E-state index contributed by atoms with van der Waals surface area (Å²) in [5.74, 6) is 0.798. The average molecular weight is 234 g/mol. The molecule has 0 spiro atoms. The Morgan fingerprint density at radius 3 is 2.88 bits per heavy atom. The first-order chi connectivity index (χ1) is 7.75. The number of aliphatic hydroxyl groups is 1. The predicted molar refractivity (Wildman–Crippen MR) is 65.7 cm³/mol. The number of aliphatic hydroxyl groups excluding tert-OH is 1. The molecule has 0 unspecified atom stereocenters. The van der Waals surface area contributed by atoms with Crippen molar-refractivity contribution < 1.29 is 9.84 Å². The van der Waals surface area contributed by atoms with Gasteiger partial charge in [-0.2, -0.15) is 0 Å². The number of rotatable bonds is 4. The van der Waals surface area contributed by atoms with Crippen molar-refractivity contribution in [2.75, 3.05) is 0 Å². The summed E-state index contributed by atoms with van der Waals surface area (Å²) in [5.41, 5.74) is 0.878. The van der Waals surface area contributed by atoms with Crippen molar-refractivity contribution in [3.63, 3.8) is 0 Å². The summed E-state index contributed by atoms with van der Waals surface area (Å²) in [5, 5.41) is 11.5. The summed E-state index contributed by atoms with van der Waals surface area (Å²) < 4.78 is 5.64. The van der Waals surface area contributed by atoms with Gasteiger partial charge < -0.3 is 9.84 Å². The minimum absolute atomic E-state index is 0.453. The van der Waals surface area contributed by atoms with Crippen molar-refractivity contribution in [2.45, 2.75) is 19.6 Å². The van der Waals surface area contributed by atoms with Crippen LogP contribution in [0.5, 0.6) is 5.75 Å². The van der Waals surface area contributed by atoms with Crippen molar-refractivity contribution >= 4 is 11.3 Å². The summed E-state index contributed by atoms with van der Waals surface area (Å²) in [6, 6.07) is 11.6. The van der Waals surface area contributed by atoms with Gasteiger partial charge in [0.25, 0.3) is 0 Å². The molecule has 0 fully saturated rings. The van der Waals surface area contributed by atoms with Crippen LogP contribution in [0, 0.1) is 0 Å². The molecule has 16 heavy (non-hydrogen) atoms. The van der Waals surface area contributed by atoms with E-state index >= 15 is 0 Å². The van der Waals surface area contributed by atoms with E-state index in [4.69, 9.17) is 4.74 Å². The Labute approximate surface area is 99.1 Å². The van der Waals surface area contributed by atoms with Gasteiger partial charge in [-0.25, -0.2) is 0 Å². The maximum absolute atomic E-state index is 9.45. The van der Waals surface area contributed by atoms with Crippen LogP contribution in [0.15, 0.2) is 41.8 Å². The summed E-state index contributed by atoms with van der Waals surface area (Å²) in [7, 11) is 0. The first-order valence-corrected chi connectivity index (χ1v) is 6.07. The van der Waals surface area contributed by atoms with Crippen LogP contribution in [0.25, 0.3) is 0 Å². The second-order valence-electron chi connectivity index (χ2n) is 3.62. The van der Waals surface area contributed by atoms with Gasteiger partial charge in [-0.3, -0.25) is 0 Å². The molecule has 2 nitrogen and oxygen atoms in total. The van der Waals surface area contributed by atoms with Crippen molar-refractivity contribution in [1.82, 2.24) is 0 Å². The second-order valence-corrected chi connectivity index (χ2v) is 4.65. The first kappa shape index (κ1) is 11.2. The van der Waals surface area contributed by atoms with Crippen LogP contribution in [0.2, 0.25) is 0 Å². The molecular weight excluding hydrogens is 220 g/mol. The highest BCUT2D eigenvalue weighted by Crippen LogP contribution is 2.20. The highest BCUT2D eigenvalue weighted by atomic mass is 32.1. The average Bonchev–Trinajstić information content (AvgIpc) is 2.79. The molecule has 0 radical (unpaired) electrons. The monoisotopic (exact) mass is 234 g/mol. The third-order valence-corrected chi connectivity index (χ3v) is 3.15. The lowest BCUT2D eigenvalue weighted by Gasteiger charge is -2.08. The van der Waals surface area contributed by atoms with Crippen LogP contribution >= 0.6 is 11.3 Å². The SMILES string of the molecule is C[C@H](O)c1cccc(OCc2cccs2)c1. The number of benzene rings is 1. The molecule has 0 aliphatic heterocycles. The lowest BCUT2D eigenvalue weighted by atomic mass is 10.1. The van der Waals surface area contributed by atoms with Crippen LogP contribution < -0.4 is 4.74 Å². The van der Waals surface area contributed by atoms with Crippen LogP contribution in [-0.4, -0.2) is 5.11 Å². The Morgan fingerprint density at radius 2 is 2.19 bits per heavy atom. The topological polar surface area (TPSA) is 29.5 Å². The fourth-order valence-electron chi connectivity index (χ4n) is 1.41. The smallest absolute Gasteiger partial charge is 0.122 e. The third-order valence-electron chi connectivity index (χ3n) is 2.30. The van der Waals surface area contributed by atoms with Gasteiger partial charge in [-0.15, -0.1) is 11.3 Å². The maximum atomic E-state index is 9.45. The molecule has 3 heteroatoms. The number of thiophene rings is 1. The Kier molecular flexibility index (Phi) is 3.59. The summed E-state index contributed by atoms with van der Waals surface area (Å²) in [6.45, 7) is 2.33. The van der Waals surface area contributed by atoms with Crippen molar-refractivity contribution in [1.29, 1.82) is 0 Å². The fourth-order valence-corrected chi connectivity index (χ4v) is 2.03. The van der Waals surface area contributed by atoms with E-state index in [0.717, 1.165) is 11.3 Å². The van der Waals surface area contributed by atoms with Crippen molar-refractivity contribution in [2.24, 2.45) is 0 Å². The lowest BCUT2D eigenvalue weighted by molar-refractivity contribution is 0.198. The molecule has 0 aliphatic rings. The molecule has 0 amide bonds. The lowest BCUT2D eigenvalue weighted by Crippen LogP contribution is -1.95. The molecule has 0 bridgehead atoms. The molecule has 2 rings (SSSR count). The molecule has 1 N–H and O–H groups in total. The van der Waals surface area contributed by atoms with E-state index < -0.39 is 6.10 Å². The van der Waals surface area contributed by atoms with Crippen LogP contribution in [-0.2, 0) is 6.61 Å². The molecule has 1 atom stereocenters. The van der Waals surface area contributed by atoms with Gasteiger partial charge in [-0.05, 0) is 36.1 Å². The van der Waals surface area contributed by atoms with Gasteiger partial charge in [0, 0.05) is 4.88 Å². The Morgan fingerprint density at radius 1 is 1.31 bits per heavy atom. The maximum Gasteiger partial charge on any atom is 0.122 e. The highest BCUT2D eigenvalue weighted by Gasteiger charge is 2.02. The van der Waals surface area contributed by atoms with Gasteiger partial charge >= 0.3 is 0 Å². The summed E-state index contributed by atoms with van der Waals surface area (Å²) in [6.07, 6.45) is -0.453. The fraction of sp³-hybridized carbons (Fsp3) is 0.231. The van der Waals surface area contributed by atoms with Crippen LogP contribution in [0.1, 0.15) is 23.5 Å². The first-order valence-electron chi connectivity index (χ1n) is 5.19. The van der Waals surface area contributed by atoms with Crippen molar-refractivity contribution in [3.05, 3.63) is 52.2 Å². The normalized spacial score (nSPS) is 12.4. The van der Waals surface area contributed by atoms with E-state index in [9.17, 15) is 5.11 Å². The van der Waals surface area contributed by atoms with E-state index in [2.05, 4.69) is 0 Å². The van der Waals surface area contributed by atoms with E-state index in [1.54, 1.807) is 18.3 Å². The standard InChI is InChI=1S/C13H14O2S/c1-10(14)11-4-2-5-12(8-11)15-9-13-6-3-7-16-13/h2-8,10,14H,9H2,1H3/t10-/m0/s1. The Hall–Kier alpha value is -1.32. The second kappa shape index (κ2) is 5.14. The summed E-state index contributed by atoms with van der Waals surface area (Å²) in [4.78, 5) is 1.20. The van der Waals surface area contributed by atoms with E-state index in [1.807, 2.05) is 41.8 Å². The molecule has 0 saturated carbocycles. The highest BCUT2D eigenvalue weighted by molar-refractivity contribution is 7.09. The van der Waals surface area contributed by atoms with Gasteiger partial charge in [0.15, 0.2) is 0 Å². The molecule has 1 aromatic carbocycles. The molecule has 2 aromatic rings. The van der Waals surface area contributed by atoms with Crippen molar-refractivity contribution in [3.8, 4) is 5.75 Å². The number of ether oxygens (including phenoxy) is 1. The Balaban J connectivity index is 2.01. The molecule has 0 aliphatic carbocycles. The summed E-state index contributed by atoms with van der Waals surface area (Å²) >= 11 is 1.68. The van der Waals surface area contributed by atoms with Gasteiger partial charge in [0.1, 0.15) is 12.4 Å². The minimum Gasteiger partial charge on any atom is -0.488 e. The Bertz CT molecular complexity index is 435. The van der Waals surface area contributed by atoms with Gasteiger partial charge in [-0.1, -0.05) is 18.2 Å². The molecule has 1 heterocycles. The molecule has 1 aromatic heterocycles. The number of hydrogen-bond donors (Lipinski definition) is 1. The van der Waals surface area contributed by atoms with Crippen LogP contribution in [0.4, 0.5) is 0 Å². The molecule has 0 saturated heterocycles. The molecular formula is C13H14O2S. The minimum atomic E-state index is -0.453. The van der Waals surface area contributed by atoms with E-state index in [-0.39, 0.29) is 0 Å². The van der Waals surface area contributed by atoms with E-state index in [1.165, 1.54) is 4.88 Å². The number of hydrogen-bond acceptors (Lipinski definition) is 3. The largest absolute Gasteiger partial charge is 0.488 e. The van der Waals surface area contributed by atoms with Gasteiger partial charge in [0.05, 0.1) is 6.10 Å². The quantitative estimate of drug-likeness (QED) is 0.878.